The first-order valence-corrected chi connectivity index (χ1v) is 8.66. The summed E-state index contributed by atoms with van der Waals surface area (Å²) in [6.45, 7) is 4.01. The summed E-state index contributed by atoms with van der Waals surface area (Å²) in [7, 11) is 0. The molecule has 1 aliphatic carbocycles. The minimum absolute atomic E-state index is 0.102. The van der Waals surface area contributed by atoms with Crippen LogP contribution >= 0.6 is 0 Å². The maximum absolute atomic E-state index is 12.3. The van der Waals surface area contributed by atoms with E-state index in [1.54, 1.807) is 0 Å². The van der Waals surface area contributed by atoms with Gasteiger partial charge >= 0.3 is 6.03 Å². The minimum Gasteiger partial charge on any atom is -0.396 e. The summed E-state index contributed by atoms with van der Waals surface area (Å²) in [5.74, 6) is 0.387. The lowest BCUT2D eigenvalue weighted by Crippen LogP contribution is -2.49. The second-order valence-electron chi connectivity index (χ2n) is 6.98. The van der Waals surface area contributed by atoms with Crippen molar-refractivity contribution in [2.24, 2.45) is 5.92 Å². The third kappa shape index (κ3) is 3.69. The number of nitrogens with zero attached hydrogens (tertiary/aromatic N) is 2. The van der Waals surface area contributed by atoms with Crippen LogP contribution in [0.25, 0.3) is 0 Å². The van der Waals surface area contributed by atoms with Crippen molar-refractivity contribution in [2.75, 3.05) is 32.8 Å². The number of carbonyl (C=O) groups is 1. The third-order valence-corrected chi connectivity index (χ3v) is 5.55. The maximum Gasteiger partial charge on any atom is 0.317 e. The van der Waals surface area contributed by atoms with E-state index in [1.165, 1.54) is 25.7 Å². The molecule has 2 aliphatic heterocycles. The molecule has 0 aromatic carbocycles. The fraction of sp³-hybridized carbons (Fsp3) is 0.938. The van der Waals surface area contributed by atoms with E-state index in [0.29, 0.717) is 12.0 Å². The van der Waals surface area contributed by atoms with Crippen LogP contribution in [-0.4, -0.2) is 65.8 Å². The number of urea groups is 1. The van der Waals surface area contributed by atoms with Gasteiger partial charge in [-0.2, -0.15) is 0 Å². The highest BCUT2D eigenvalue weighted by atomic mass is 16.3. The van der Waals surface area contributed by atoms with Gasteiger partial charge in [-0.15, -0.1) is 0 Å². The van der Waals surface area contributed by atoms with Crippen LogP contribution in [-0.2, 0) is 0 Å². The lowest BCUT2D eigenvalue weighted by atomic mass is 9.98. The first kappa shape index (κ1) is 15.1. The van der Waals surface area contributed by atoms with Gasteiger partial charge in [0.25, 0.3) is 0 Å². The number of aliphatic hydroxyl groups excluding tert-OH is 1. The van der Waals surface area contributed by atoms with Crippen molar-refractivity contribution in [3.63, 3.8) is 0 Å². The molecule has 2 saturated heterocycles. The van der Waals surface area contributed by atoms with E-state index >= 15 is 0 Å². The van der Waals surface area contributed by atoms with Crippen LogP contribution < -0.4 is 5.32 Å². The largest absolute Gasteiger partial charge is 0.396 e. The van der Waals surface area contributed by atoms with Crippen LogP contribution in [0.15, 0.2) is 0 Å². The maximum atomic E-state index is 12.3. The summed E-state index contributed by atoms with van der Waals surface area (Å²) in [6, 6.07) is 1.20. The van der Waals surface area contributed by atoms with Gasteiger partial charge in [-0.1, -0.05) is 12.8 Å². The van der Waals surface area contributed by atoms with E-state index < -0.39 is 0 Å². The molecule has 120 valence electrons. The number of carbonyl (C=O) groups excluding carboxylic acids is 1. The summed E-state index contributed by atoms with van der Waals surface area (Å²) in [5, 5.41) is 12.4. The Kier molecular flexibility index (Phi) is 5.01. The molecule has 3 aliphatic rings. The molecule has 1 unspecified atom stereocenters. The topological polar surface area (TPSA) is 55.8 Å². The standard InChI is InChI=1S/C16H29N3O2/c20-12-13-5-8-18(9-6-13)16(21)17-14-7-10-19(11-14)15-3-1-2-4-15/h13-15,20H,1-12H2,(H,17,21). The zero-order valence-electron chi connectivity index (χ0n) is 13.0. The smallest absolute Gasteiger partial charge is 0.317 e. The monoisotopic (exact) mass is 295 g/mol. The molecule has 1 atom stereocenters. The number of piperidine rings is 1. The van der Waals surface area contributed by atoms with Crippen molar-refractivity contribution in [3.8, 4) is 0 Å². The quantitative estimate of drug-likeness (QED) is 0.828. The highest BCUT2D eigenvalue weighted by molar-refractivity contribution is 5.74. The van der Waals surface area contributed by atoms with Crippen LogP contribution in [0.1, 0.15) is 44.9 Å². The van der Waals surface area contributed by atoms with Gasteiger partial charge < -0.3 is 15.3 Å². The molecule has 0 aromatic heterocycles. The highest BCUT2D eigenvalue weighted by Crippen LogP contribution is 2.26. The Labute approximate surface area is 127 Å². The van der Waals surface area contributed by atoms with Gasteiger partial charge in [-0.05, 0) is 38.0 Å². The lowest BCUT2D eigenvalue weighted by Gasteiger charge is -2.32. The Balaban J connectivity index is 1.41. The second kappa shape index (κ2) is 6.97. The van der Waals surface area contributed by atoms with Gasteiger partial charge in [0.05, 0.1) is 0 Å². The number of aliphatic hydroxyl groups is 1. The second-order valence-corrected chi connectivity index (χ2v) is 6.98. The summed E-state index contributed by atoms with van der Waals surface area (Å²) in [4.78, 5) is 16.8. The number of hydrogen-bond donors (Lipinski definition) is 2. The molecular weight excluding hydrogens is 266 g/mol. The Hall–Kier alpha value is -0.810. The van der Waals surface area contributed by atoms with E-state index in [-0.39, 0.29) is 12.6 Å². The summed E-state index contributed by atoms with van der Waals surface area (Å²) in [5.41, 5.74) is 0. The van der Waals surface area contributed by atoms with E-state index in [2.05, 4.69) is 10.2 Å². The van der Waals surface area contributed by atoms with E-state index in [4.69, 9.17) is 5.11 Å². The normalized spacial score (nSPS) is 29.2. The van der Waals surface area contributed by atoms with Gasteiger partial charge in [0.1, 0.15) is 0 Å². The van der Waals surface area contributed by atoms with Gasteiger partial charge in [0, 0.05) is 44.9 Å². The van der Waals surface area contributed by atoms with Crippen molar-refractivity contribution in [2.45, 2.75) is 57.0 Å². The van der Waals surface area contributed by atoms with Gasteiger partial charge in [0.2, 0.25) is 0 Å². The Morgan fingerprint density at radius 3 is 2.43 bits per heavy atom. The average molecular weight is 295 g/mol. The zero-order valence-corrected chi connectivity index (χ0v) is 13.0. The molecule has 0 spiro atoms. The molecule has 21 heavy (non-hydrogen) atoms. The Bertz CT molecular complexity index is 349. The molecule has 0 aromatic rings. The third-order valence-electron chi connectivity index (χ3n) is 5.55. The van der Waals surface area contributed by atoms with Gasteiger partial charge in [-0.25, -0.2) is 4.79 Å². The first-order chi connectivity index (χ1) is 10.3. The van der Waals surface area contributed by atoms with Crippen LogP contribution in [0.5, 0.6) is 0 Å². The molecule has 2 N–H and O–H groups in total. The van der Waals surface area contributed by atoms with E-state index in [0.717, 1.165) is 51.5 Å². The van der Waals surface area contributed by atoms with Crippen LogP contribution in [0, 0.1) is 5.92 Å². The highest BCUT2D eigenvalue weighted by Gasteiger charge is 2.31. The SMILES string of the molecule is O=C(NC1CCN(C2CCCC2)C1)N1CCC(CO)CC1. The lowest BCUT2D eigenvalue weighted by molar-refractivity contribution is 0.135. The molecule has 3 rings (SSSR count). The molecular formula is C16H29N3O2. The summed E-state index contributed by atoms with van der Waals surface area (Å²) >= 11 is 0. The number of likely N-dealkylation sites (tertiary alicyclic amines) is 2. The van der Waals surface area contributed by atoms with Gasteiger partial charge in [0.15, 0.2) is 0 Å². The average Bonchev–Trinajstić information content (AvgIpc) is 3.18. The van der Waals surface area contributed by atoms with Crippen LogP contribution in [0.4, 0.5) is 4.79 Å². The van der Waals surface area contributed by atoms with Gasteiger partial charge in [-0.3, -0.25) is 4.90 Å². The molecule has 0 bridgehead atoms. The first-order valence-electron chi connectivity index (χ1n) is 8.66. The van der Waals surface area contributed by atoms with E-state index in [9.17, 15) is 4.79 Å². The molecule has 0 radical (unpaired) electrons. The predicted octanol–water partition coefficient (Wildman–Crippen LogP) is 1.42. The van der Waals surface area contributed by atoms with E-state index in [1.807, 2.05) is 4.90 Å². The number of amides is 2. The van der Waals surface area contributed by atoms with Crippen molar-refractivity contribution in [3.05, 3.63) is 0 Å². The summed E-state index contributed by atoms with van der Waals surface area (Å²) in [6.07, 6.45) is 8.39. The van der Waals surface area contributed by atoms with Crippen LogP contribution in [0.2, 0.25) is 0 Å². The molecule has 1 saturated carbocycles. The molecule has 5 heteroatoms. The summed E-state index contributed by atoms with van der Waals surface area (Å²) < 4.78 is 0. The number of hydrogen-bond acceptors (Lipinski definition) is 3. The van der Waals surface area contributed by atoms with Crippen molar-refractivity contribution in [1.82, 2.24) is 15.1 Å². The number of rotatable bonds is 3. The Morgan fingerprint density at radius 1 is 1.05 bits per heavy atom. The van der Waals surface area contributed by atoms with Crippen molar-refractivity contribution in [1.29, 1.82) is 0 Å². The Morgan fingerprint density at radius 2 is 1.76 bits per heavy atom. The molecule has 3 fully saturated rings. The fourth-order valence-corrected chi connectivity index (χ4v) is 4.09. The zero-order chi connectivity index (χ0) is 14.7. The minimum atomic E-state index is 0.102. The molecule has 5 nitrogen and oxygen atoms in total. The molecule has 2 heterocycles. The number of nitrogens with one attached hydrogen (secondary N) is 1. The van der Waals surface area contributed by atoms with Crippen molar-refractivity contribution >= 4 is 6.03 Å². The van der Waals surface area contributed by atoms with Crippen LogP contribution in [0.3, 0.4) is 0 Å². The fourth-order valence-electron chi connectivity index (χ4n) is 4.09. The predicted molar refractivity (Wildman–Crippen MR) is 82.1 cm³/mol. The van der Waals surface area contributed by atoms with Crippen molar-refractivity contribution < 1.29 is 9.90 Å². The molecule has 2 amide bonds.